The second-order valence-corrected chi connectivity index (χ2v) is 7.09. The Kier molecular flexibility index (Phi) is 5.90. The van der Waals surface area contributed by atoms with Crippen molar-refractivity contribution in [3.63, 3.8) is 0 Å². The Morgan fingerprint density at radius 2 is 2.00 bits per heavy atom. The fourth-order valence-corrected chi connectivity index (χ4v) is 3.29. The number of ketones is 1. The van der Waals surface area contributed by atoms with E-state index in [-0.39, 0.29) is 23.1 Å². The van der Waals surface area contributed by atoms with Gasteiger partial charge in [0, 0.05) is 11.4 Å². The zero-order chi connectivity index (χ0) is 17.9. The molecule has 0 spiro atoms. The molecule has 0 radical (unpaired) electrons. The van der Waals surface area contributed by atoms with E-state index in [9.17, 15) is 14.4 Å². The molecular weight excluding hydrogens is 350 g/mol. The summed E-state index contributed by atoms with van der Waals surface area (Å²) in [7, 11) is 0. The van der Waals surface area contributed by atoms with Gasteiger partial charge in [0.05, 0.1) is 10.8 Å². The largest absolute Gasteiger partial charge is 0.384 e. The number of H-pyrrole nitrogens is 1. The molecule has 8 heteroatoms. The molecular formula is C16H18ClN3O3S. The number of halogens is 1. The van der Waals surface area contributed by atoms with Gasteiger partial charge in [0.2, 0.25) is 0 Å². The van der Waals surface area contributed by atoms with Crippen LogP contribution in [0, 0.1) is 5.92 Å². The lowest BCUT2D eigenvalue weighted by atomic mass is 10.2. The first kappa shape index (κ1) is 18.4. The number of carbonyl (C=O) groups excluding carboxylic acids is 1. The molecule has 0 bridgehead atoms. The van der Waals surface area contributed by atoms with Gasteiger partial charge < -0.3 is 5.73 Å². The zero-order valence-corrected chi connectivity index (χ0v) is 14.9. The SMILES string of the molecule is CC(C)Cn1c(N)c(C(=O)CSc2ccccc2Cl)c(=O)[nH]c1=O. The number of nitrogens with one attached hydrogen (secondary N) is 1. The summed E-state index contributed by atoms with van der Waals surface area (Å²) in [6.45, 7) is 4.14. The van der Waals surface area contributed by atoms with E-state index >= 15 is 0 Å². The average Bonchev–Trinajstić information content (AvgIpc) is 2.50. The van der Waals surface area contributed by atoms with Crippen LogP contribution in [0.4, 0.5) is 5.82 Å². The molecule has 1 aromatic carbocycles. The van der Waals surface area contributed by atoms with E-state index in [4.69, 9.17) is 17.3 Å². The van der Waals surface area contributed by atoms with Crippen LogP contribution in [0.5, 0.6) is 0 Å². The molecule has 0 fully saturated rings. The van der Waals surface area contributed by atoms with Gasteiger partial charge in [-0.2, -0.15) is 0 Å². The maximum Gasteiger partial charge on any atom is 0.329 e. The molecule has 3 N–H and O–H groups in total. The number of thioether (sulfide) groups is 1. The lowest BCUT2D eigenvalue weighted by molar-refractivity contribution is 0.102. The quantitative estimate of drug-likeness (QED) is 0.603. The van der Waals surface area contributed by atoms with Crippen LogP contribution in [0.15, 0.2) is 38.8 Å². The zero-order valence-electron chi connectivity index (χ0n) is 13.3. The molecule has 0 saturated carbocycles. The summed E-state index contributed by atoms with van der Waals surface area (Å²) in [5, 5.41) is 0.530. The van der Waals surface area contributed by atoms with Crippen LogP contribution in [0.1, 0.15) is 24.2 Å². The number of Topliss-reactive ketones (excluding diaryl/α,β-unsaturated/α-hetero) is 1. The van der Waals surface area contributed by atoms with E-state index in [0.29, 0.717) is 11.6 Å². The van der Waals surface area contributed by atoms with Crippen molar-refractivity contribution in [2.75, 3.05) is 11.5 Å². The Bertz CT molecular complexity index is 874. The highest BCUT2D eigenvalue weighted by molar-refractivity contribution is 8.00. The molecule has 0 saturated heterocycles. The standard InChI is InChI=1S/C16H18ClN3O3S/c1-9(2)7-20-14(18)13(15(22)19-16(20)23)11(21)8-24-12-6-4-3-5-10(12)17/h3-6,9H,7-8,18H2,1-2H3,(H,19,22,23). The molecule has 0 atom stereocenters. The van der Waals surface area contributed by atoms with E-state index < -0.39 is 17.0 Å². The number of aromatic nitrogens is 2. The van der Waals surface area contributed by atoms with Crippen LogP contribution in [-0.4, -0.2) is 21.1 Å². The third-order valence-electron chi connectivity index (χ3n) is 3.26. The summed E-state index contributed by atoms with van der Waals surface area (Å²) >= 11 is 7.26. The van der Waals surface area contributed by atoms with Crippen molar-refractivity contribution in [2.24, 2.45) is 5.92 Å². The van der Waals surface area contributed by atoms with Gasteiger partial charge >= 0.3 is 5.69 Å². The minimum atomic E-state index is -0.762. The monoisotopic (exact) mass is 367 g/mol. The number of hydrogen-bond acceptors (Lipinski definition) is 5. The summed E-state index contributed by atoms with van der Waals surface area (Å²) in [6, 6.07) is 7.10. The normalized spacial score (nSPS) is 11.0. The van der Waals surface area contributed by atoms with Gasteiger partial charge in [0.25, 0.3) is 5.56 Å². The van der Waals surface area contributed by atoms with E-state index in [1.165, 1.54) is 16.3 Å². The minimum absolute atomic E-state index is 0.00308. The summed E-state index contributed by atoms with van der Waals surface area (Å²) in [5.74, 6) is -0.411. The molecule has 128 valence electrons. The number of carbonyl (C=O) groups is 1. The van der Waals surface area contributed by atoms with E-state index in [0.717, 1.165) is 4.90 Å². The molecule has 6 nitrogen and oxygen atoms in total. The van der Waals surface area contributed by atoms with Crippen LogP contribution in [0.25, 0.3) is 0 Å². The fourth-order valence-electron chi connectivity index (χ4n) is 2.18. The average molecular weight is 368 g/mol. The van der Waals surface area contributed by atoms with Crippen LogP contribution in [0.3, 0.4) is 0 Å². The molecule has 1 heterocycles. The van der Waals surface area contributed by atoms with Gasteiger partial charge in [-0.1, -0.05) is 37.6 Å². The lowest BCUT2D eigenvalue weighted by Gasteiger charge is -2.13. The van der Waals surface area contributed by atoms with Gasteiger partial charge in [0.15, 0.2) is 5.78 Å². The van der Waals surface area contributed by atoms with Crippen molar-refractivity contribution in [1.82, 2.24) is 9.55 Å². The van der Waals surface area contributed by atoms with E-state index in [1.807, 2.05) is 19.9 Å². The van der Waals surface area contributed by atoms with Gasteiger partial charge in [-0.25, -0.2) is 4.79 Å². The number of nitrogens with zero attached hydrogens (tertiary/aromatic N) is 1. The van der Waals surface area contributed by atoms with Crippen LogP contribution in [0.2, 0.25) is 5.02 Å². The maximum absolute atomic E-state index is 12.4. The summed E-state index contributed by atoms with van der Waals surface area (Å²) in [6.07, 6.45) is 0. The molecule has 0 amide bonds. The fraction of sp³-hybridized carbons (Fsp3) is 0.312. The van der Waals surface area contributed by atoms with Crippen LogP contribution < -0.4 is 17.0 Å². The highest BCUT2D eigenvalue weighted by Gasteiger charge is 2.20. The molecule has 0 aliphatic carbocycles. The first-order valence-corrected chi connectivity index (χ1v) is 8.70. The number of aromatic amines is 1. The molecule has 2 rings (SSSR count). The third-order valence-corrected chi connectivity index (χ3v) is 4.78. The van der Waals surface area contributed by atoms with Crippen LogP contribution in [-0.2, 0) is 6.54 Å². The van der Waals surface area contributed by atoms with Crippen molar-refractivity contribution >= 4 is 35.0 Å². The predicted octanol–water partition coefficient (Wildman–Crippen LogP) is 2.40. The van der Waals surface area contributed by atoms with Crippen molar-refractivity contribution in [3.8, 4) is 0 Å². The second kappa shape index (κ2) is 7.72. The van der Waals surface area contributed by atoms with Crippen molar-refractivity contribution < 1.29 is 4.79 Å². The highest BCUT2D eigenvalue weighted by atomic mass is 35.5. The Labute approximate surface area is 148 Å². The number of anilines is 1. The highest BCUT2D eigenvalue weighted by Crippen LogP contribution is 2.27. The summed E-state index contributed by atoms with van der Waals surface area (Å²) < 4.78 is 1.22. The van der Waals surface area contributed by atoms with E-state index in [1.54, 1.807) is 18.2 Å². The maximum atomic E-state index is 12.4. The number of nitrogens with two attached hydrogens (primary N) is 1. The Balaban J connectivity index is 2.31. The smallest absolute Gasteiger partial charge is 0.329 e. The minimum Gasteiger partial charge on any atom is -0.384 e. The van der Waals surface area contributed by atoms with Gasteiger partial charge in [-0.15, -0.1) is 11.8 Å². The van der Waals surface area contributed by atoms with E-state index in [2.05, 4.69) is 4.98 Å². The van der Waals surface area contributed by atoms with Gasteiger partial charge in [-0.3, -0.25) is 19.1 Å². The molecule has 0 unspecified atom stereocenters. The first-order chi connectivity index (χ1) is 11.3. The van der Waals surface area contributed by atoms with Crippen molar-refractivity contribution in [2.45, 2.75) is 25.3 Å². The summed E-state index contributed by atoms with van der Waals surface area (Å²) in [5.41, 5.74) is 4.36. The topological polar surface area (TPSA) is 97.9 Å². The van der Waals surface area contributed by atoms with Crippen LogP contribution >= 0.6 is 23.4 Å². The second-order valence-electron chi connectivity index (χ2n) is 5.67. The van der Waals surface area contributed by atoms with Gasteiger partial charge in [0.1, 0.15) is 11.4 Å². The molecule has 0 aliphatic rings. The molecule has 0 aliphatic heterocycles. The Morgan fingerprint density at radius 1 is 1.33 bits per heavy atom. The summed E-state index contributed by atoms with van der Waals surface area (Å²) in [4.78, 5) is 39.2. The molecule has 2 aromatic rings. The van der Waals surface area contributed by atoms with Crippen molar-refractivity contribution in [3.05, 3.63) is 55.7 Å². The first-order valence-electron chi connectivity index (χ1n) is 7.34. The molecule has 1 aromatic heterocycles. The van der Waals surface area contributed by atoms with Crippen molar-refractivity contribution in [1.29, 1.82) is 0 Å². The Morgan fingerprint density at radius 3 is 2.62 bits per heavy atom. The Hall–Kier alpha value is -1.99. The third kappa shape index (κ3) is 4.10. The molecule has 24 heavy (non-hydrogen) atoms. The predicted molar refractivity (Wildman–Crippen MR) is 97.1 cm³/mol. The number of benzene rings is 1. The lowest BCUT2D eigenvalue weighted by Crippen LogP contribution is -2.37. The number of nitrogen functional groups attached to an aromatic ring is 1. The van der Waals surface area contributed by atoms with Gasteiger partial charge in [-0.05, 0) is 18.1 Å². The number of rotatable bonds is 6. The number of hydrogen-bond donors (Lipinski definition) is 2.